The van der Waals surface area contributed by atoms with Gasteiger partial charge in [-0.05, 0) is 11.5 Å². The Kier molecular flexibility index (Phi) is 3.34. The van der Waals surface area contributed by atoms with E-state index < -0.39 is 5.82 Å². The zero-order valence-corrected chi connectivity index (χ0v) is 11.4. The van der Waals surface area contributed by atoms with Crippen molar-refractivity contribution in [3.8, 4) is 0 Å². The molecule has 0 bridgehead atoms. The molecule has 0 saturated carbocycles. The number of oxazole rings is 1. The van der Waals surface area contributed by atoms with Gasteiger partial charge in [0.15, 0.2) is 11.5 Å². The first-order valence-corrected chi connectivity index (χ1v) is 6.15. The predicted octanol–water partition coefficient (Wildman–Crippen LogP) is 3.54. The zero-order chi connectivity index (χ0) is 13.5. The van der Waals surface area contributed by atoms with Crippen LogP contribution in [0.15, 0.2) is 16.5 Å². The molecule has 0 radical (unpaired) electrons. The molecule has 0 aliphatic carbocycles. The average molecular weight is 271 g/mol. The lowest BCUT2D eigenvalue weighted by atomic mass is 9.85. The Morgan fingerprint density at radius 3 is 2.72 bits per heavy atom. The molecule has 3 nitrogen and oxygen atoms in total. The van der Waals surface area contributed by atoms with Gasteiger partial charge in [-0.2, -0.15) is 0 Å². The van der Waals surface area contributed by atoms with E-state index in [0.717, 1.165) is 0 Å². The Labute approximate surface area is 110 Å². The molecule has 5 heteroatoms. The molecular formula is C13H16ClFN2O. The SMILES string of the molecule is CC(C)(C)C(N)Cc1nc2cc(F)cc(Cl)c2o1. The monoisotopic (exact) mass is 270 g/mol. The van der Waals surface area contributed by atoms with Gasteiger partial charge in [0.05, 0.1) is 5.02 Å². The van der Waals surface area contributed by atoms with Crippen LogP contribution in [0.2, 0.25) is 5.02 Å². The number of nitrogens with zero attached hydrogens (tertiary/aromatic N) is 1. The minimum atomic E-state index is -0.424. The molecule has 0 aliphatic heterocycles. The van der Waals surface area contributed by atoms with E-state index in [1.54, 1.807) is 0 Å². The molecule has 1 unspecified atom stereocenters. The van der Waals surface area contributed by atoms with Crippen LogP contribution in [0.25, 0.3) is 11.1 Å². The molecule has 18 heavy (non-hydrogen) atoms. The van der Waals surface area contributed by atoms with Gasteiger partial charge in [-0.25, -0.2) is 9.37 Å². The third kappa shape index (κ3) is 2.65. The Hall–Kier alpha value is -1.13. The zero-order valence-electron chi connectivity index (χ0n) is 10.6. The van der Waals surface area contributed by atoms with Crippen molar-refractivity contribution in [1.29, 1.82) is 0 Å². The van der Waals surface area contributed by atoms with Gasteiger partial charge in [0.2, 0.25) is 0 Å². The predicted molar refractivity (Wildman–Crippen MR) is 70.1 cm³/mol. The summed E-state index contributed by atoms with van der Waals surface area (Å²) in [7, 11) is 0. The number of fused-ring (bicyclic) bond motifs is 1. The van der Waals surface area contributed by atoms with E-state index in [2.05, 4.69) is 4.98 Å². The smallest absolute Gasteiger partial charge is 0.197 e. The first-order valence-electron chi connectivity index (χ1n) is 5.77. The summed E-state index contributed by atoms with van der Waals surface area (Å²) in [6.45, 7) is 6.15. The molecule has 2 aromatic rings. The number of hydrogen-bond donors (Lipinski definition) is 1. The number of aromatic nitrogens is 1. The van der Waals surface area contributed by atoms with Crippen LogP contribution in [-0.4, -0.2) is 11.0 Å². The lowest BCUT2D eigenvalue weighted by molar-refractivity contribution is 0.303. The van der Waals surface area contributed by atoms with Gasteiger partial charge in [-0.15, -0.1) is 0 Å². The highest BCUT2D eigenvalue weighted by Crippen LogP contribution is 2.27. The fourth-order valence-corrected chi connectivity index (χ4v) is 1.83. The molecule has 0 fully saturated rings. The van der Waals surface area contributed by atoms with E-state index in [1.807, 2.05) is 20.8 Å². The minimum Gasteiger partial charge on any atom is -0.439 e. The summed E-state index contributed by atoms with van der Waals surface area (Å²) in [4.78, 5) is 4.22. The van der Waals surface area contributed by atoms with E-state index in [9.17, 15) is 4.39 Å². The Morgan fingerprint density at radius 2 is 2.11 bits per heavy atom. The summed E-state index contributed by atoms with van der Waals surface area (Å²) in [5.41, 5.74) is 6.86. The first-order chi connectivity index (χ1) is 8.27. The topological polar surface area (TPSA) is 52.0 Å². The standard InChI is InChI=1S/C13H16ClFN2O/c1-13(2,3)10(16)6-11-17-9-5-7(15)4-8(14)12(9)18-11/h4-5,10H,6,16H2,1-3H3. The number of hydrogen-bond acceptors (Lipinski definition) is 3. The van der Waals surface area contributed by atoms with E-state index in [-0.39, 0.29) is 16.5 Å². The van der Waals surface area contributed by atoms with Gasteiger partial charge in [0.1, 0.15) is 11.3 Å². The van der Waals surface area contributed by atoms with Gasteiger partial charge in [0.25, 0.3) is 0 Å². The van der Waals surface area contributed by atoms with Crippen LogP contribution in [0, 0.1) is 11.2 Å². The molecule has 98 valence electrons. The molecule has 1 heterocycles. The molecule has 2 N–H and O–H groups in total. The van der Waals surface area contributed by atoms with Crippen LogP contribution in [0.3, 0.4) is 0 Å². The van der Waals surface area contributed by atoms with Crippen molar-refractivity contribution >= 4 is 22.7 Å². The highest BCUT2D eigenvalue weighted by atomic mass is 35.5. The lowest BCUT2D eigenvalue weighted by Gasteiger charge is -2.25. The first kappa shape index (κ1) is 13.3. The minimum absolute atomic E-state index is 0.0459. The Bertz CT molecular complexity index is 574. The van der Waals surface area contributed by atoms with E-state index >= 15 is 0 Å². The highest BCUT2D eigenvalue weighted by molar-refractivity contribution is 6.34. The van der Waals surface area contributed by atoms with Gasteiger partial charge in [-0.1, -0.05) is 32.4 Å². The summed E-state index contributed by atoms with van der Waals surface area (Å²) in [6.07, 6.45) is 0.496. The van der Waals surface area contributed by atoms with E-state index in [0.29, 0.717) is 23.4 Å². The van der Waals surface area contributed by atoms with Crippen LogP contribution >= 0.6 is 11.6 Å². The van der Waals surface area contributed by atoms with Crippen LogP contribution < -0.4 is 5.73 Å². The summed E-state index contributed by atoms with van der Waals surface area (Å²) >= 11 is 5.90. The highest BCUT2D eigenvalue weighted by Gasteiger charge is 2.23. The van der Waals surface area contributed by atoms with Crippen molar-refractivity contribution in [2.24, 2.45) is 11.1 Å². The molecule has 2 rings (SSSR count). The summed E-state index contributed by atoms with van der Waals surface area (Å²) in [5, 5.41) is 0.230. The van der Waals surface area contributed by atoms with Crippen molar-refractivity contribution in [2.75, 3.05) is 0 Å². The molecule has 0 saturated heterocycles. The lowest BCUT2D eigenvalue weighted by Crippen LogP contribution is -2.36. The molecule has 0 amide bonds. The van der Waals surface area contributed by atoms with Crippen LogP contribution in [0.4, 0.5) is 4.39 Å². The number of benzene rings is 1. The van der Waals surface area contributed by atoms with Gasteiger partial charge < -0.3 is 10.2 Å². The summed E-state index contributed by atoms with van der Waals surface area (Å²) < 4.78 is 18.7. The van der Waals surface area contributed by atoms with Gasteiger partial charge in [0, 0.05) is 18.5 Å². The molecule has 1 aromatic heterocycles. The third-order valence-corrected chi connectivity index (χ3v) is 3.24. The summed E-state index contributed by atoms with van der Waals surface area (Å²) in [6, 6.07) is 2.42. The molecule has 1 aromatic carbocycles. The molecule has 0 spiro atoms. The Balaban J connectivity index is 2.34. The largest absolute Gasteiger partial charge is 0.439 e. The van der Waals surface area contributed by atoms with E-state index in [1.165, 1.54) is 12.1 Å². The van der Waals surface area contributed by atoms with Crippen LogP contribution in [0.5, 0.6) is 0 Å². The molecule has 0 aliphatic rings. The van der Waals surface area contributed by atoms with E-state index in [4.69, 9.17) is 21.8 Å². The Morgan fingerprint density at radius 1 is 1.44 bits per heavy atom. The second-order valence-corrected chi connectivity index (χ2v) is 5.93. The fourth-order valence-electron chi connectivity index (χ4n) is 1.59. The van der Waals surface area contributed by atoms with Crippen molar-refractivity contribution < 1.29 is 8.81 Å². The second-order valence-electron chi connectivity index (χ2n) is 5.52. The van der Waals surface area contributed by atoms with Crippen molar-refractivity contribution in [1.82, 2.24) is 4.98 Å². The van der Waals surface area contributed by atoms with Crippen LogP contribution in [0.1, 0.15) is 26.7 Å². The quantitative estimate of drug-likeness (QED) is 0.908. The fraction of sp³-hybridized carbons (Fsp3) is 0.462. The average Bonchev–Trinajstić information content (AvgIpc) is 2.58. The second kappa shape index (κ2) is 4.52. The van der Waals surface area contributed by atoms with Crippen molar-refractivity contribution in [2.45, 2.75) is 33.2 Å². The third-order valence-electron chi connectivity index (χ3n) is 2.96. The maximum absolute atomic E-state index is 13.2. The van der Waals surface area contributed by atoms with Crippen LogP contribution in [-0.2, 0) is 6.42 Å². The summed E-state index contributed by atoms with van der Waals surface area (Å²) in [5.74, 6) is 0.0624. The van der Waals surface area contributed by atoms with Crippen molar-refractivity contribution in [3.05, 3.63) is 28.9 Å². The normalized spacial score (nSPS) is 14.1. The number of halogens is 2. The van der Waals surface area contributed by atoms with Gasteiger partial charge >= 0.3 is 0 Å². The number of nitrogens with two attached hydrogens (primary N) is 1. The molecular weight excluding hydrogens is 255 g/mol. The molecule has 1 atom stereocenters. The van der Waals surface area contributed by atoms with Crippen molar-refractivity contribution in [3.63, 3.8) is 0 Å². The number of rotatable bonds is 2. The maximum Gasteiger partial charge on any atom is 0.197 e. The maximum atomic E-state index is 13.2. The van der Waals surface area contributed by atoms with Gasteiger partial charge in [-0.3, -0.25) is 0 Å².